The Morgan fingerprint density at radius 1 is 0.517 bits per heavy atom. The molecule has 3 heteroatoms. The van der Waals surface area contributed by atoms with Crippen molar-refractivity contribution in [1.82, 2.24) is 0 Å². The first-order chi connectivity index (χ1) is 14.2. The molecule has 4 aromatic rings. The fourth-order valence-electron chi connectivity index (χ4n) is 3.85. The van der Waals surface area contributed by atoms with E-state index in [2.05, 4.69) is 115 Å². The van der Waals surface area contributed by atoms with Crippen LogP contribution < -0.4 is 15.9 Å². The number of hydrogen-bond acceptors (Lipinski definition) is 1. The lowest BCUT2D eigenvalue weighted by Gasteiger charge is -2.33. The Balaban J connectivity index is 2.30. The summed E-state index contributed by atoms with van der Waals surface area (Å²) in [6.07, 6.45) is 0. The Morgan fingerprint density at radius 2 is 0.828 bits per heavy atom. The maximum absolute atomic E-state index is 5.80. The number of thiocarbonyl (C=S) groups is 1. The van der Waals surface area contributed by atoms with Gasteiger partial charge in [-0.25, -0.2) is 0 Å². The molecular formula is C26H21PS2. The van der Waals surface area contributed by atoms with Crippen molar-refractivity contribution in [2.75, 3.05) is 0 Å². The quantitative estimate of drug-likeness (QED) is 0.250. The van der Waals surface area contributed by atoms with E-state index in [0.29, 0.717) is 4.20 Å². The third kappa shape index (κ3) is 3.76. The van der Waals surface area contributed by atoms with E-state index < -0.39 is 6.89 Å². The second-order valence-corrected chi connectivity index (χ2v) is 11.2. The van der Waals surface area contributed by atoms with Crippen LogP contribution in [0.3, 0.4) is 0 Å². The standard InChI is InChI=1S/C26H21PS2/c28-26(29)25(21-13-5-1-6-14-21)27(22-15-7-2-8-16-22,23-17-9-3-10-18-23)24-19-11-4-12-20-24/h1-20H,(H,28,29). The Kier molecular flexibility index (Phi) is 6.16. The molecule has 142 valence electrons. The molecule has 0 aliphatic carbocycles. The molecule has 0 saturated heterocycles. The SMILES string of the molecule is S=C(S)C(c1ccccc1)=P(c1ccccc1)(c1ccccc1)c1ccccc1. The van der Waals surface area contributed by atoms with Crippen molar-refractivity contribution in [3.05, 3.63) is 127 Å². The number of rotatable bonds is 5. The maximum atomic E-state index is 5.80. The second kappa shape index (κ2) is 8.97. The summed E-state index contributed by atoms with van der Waals surface area (Å²) in [6.45, 7) is -2.24. The summed E-state index contributed by atoms with van der Waals surface area (Å²) in [5, 5.41) is 4.94. The molecule has 0 nitrogen and oxygen atoms in total. The highest BCUT2D eigenvalue weighted by Crippen LogP contribution is 2.48. The molecule has 4 rings (SSSR count). The number of hydrogen-bond donors (Lipinski definition) is 1. The van der Waals surface area contributed by atoms with Gasteiger partial charge in [0.05, 0.1) is 4.20 Å². The van der Waals surface area contributed by atoms with Gasteiger partial charge in [0.15, 0.2) is 0 Å². The molecule has 0 radical (unpaired) electrons. The molecule has 0 amide bonds. The van der Waals surface area contributed by atoms with Crippen LogP contribution in [0.1, 0.15) is 5.56 Å². The van der Waals surface area contributed by atoms with Gasteiger partial charge in [-0.15, -0.1) is 12.6 Å². The smallest absolute Gasteiger partial charge is 0.0764 e. The third-order valence-electron chi connectivity index (χ3n) is 5.02. The van der Waals surface area contributed by atoms with Gasteiger partial charge in [0.25, 0.3) is 0 Å². The van der Waals surface area contributed by atoms with E-state index in [1.165, 1.54) is 15.9 Å². The third-order valence-corrected chi connectivity index (χ3v) is 10.1. The van der Waals surface area contributed by atoms with Gasteiger partial charge in [-0.05, 0) is 28.4 Å². The van der Waals surface area contributed by atoms with E-state index in [1.54, 1.807) is 0 Å². The average Bonchev–Trinajstić information content (AvgIpc) is 2.79. The zero-order valence-corrected chi connectivity index (χ0v) is 18.5. The summed E-state index contributed by atoms with van der Waals surface area (Å²) in [6, 6.07) is 42.7. The minimum atomic E-state index is -2.24. The lowest BCUT2D eigenvalue weighted by molar-refractivity contribution is 1.68. The van der Waals surface area contributed by atoms with Crippen LogP contribution in [0.4, 0.5) is 0 Å². The molecule has 0 aliphatic rings. The van der Waals surface area contributed by atoms with Gasteiger partial charge in [-0.1, -0.05) is 134 Å². The van der Waals surface area contributed by atoms with E-state index in [4.69, 9.17) is 24.8 Å². The van der Waals surface area contributed by atoms with Gasteiger partial charge < -0.3 is 0 Å². The number of benzene rings is 4. The van der Waals surface area contributed by atoms with E-state index in [-0.39, 0.29) is 0 Å². The zero-order chi connectivity index (χ0) is 20.1. The van der Waals surface area contributed by atoms with Crippen LogP contribution in [0.2, 0.25) is 0 Å². The van der Waals surface area contributed by atoms with Gasteiger partial charge >= 0.3 is 0 Å². The summed E-state index contributed by atoms with van der Waals surface area (Å²) in [5.74, 6) is 0. The topological polar surface area (TPSA) is 0 Å². The van der Waals surface area contributed by atoms with Crippen molar-refractivity contribution in [2.45, 2.75) is 0 Å². The van der Waals surface area contributed by atoms with Crippen LogP contribution in [0.15, 0.2) is 121 Å². The molecule has 0 aromatic heterocycles. The lowest BCUT2D eigenvalue weighted by atomic mass is 10.2. The Hall–Kier alpha value is -2.38. The van der Waals surface area contributed by atoms with E-state index in [9.17, 15) is 0 Å². The molecule has 0 heterocycles. The largest absolute Gasteiger partial charge is 0.131 e. The molecule has 4 aromatic carbocycles. The normalized spacial score (nSPS) is 11.1. The first-order valence-corrected chi connectivity index (χ1v) is 12.1. The summed E-state index contributed by atoms with van der Waals surface area (Å²) in [5.41, 5.74) is 1.12. The predicted molar refractivity (Wildman–Crippen MR) is 137 cm³/mol. The molecule has 0 atom stereocenters. The molecule has 0 unspecified atom stereocenters. The molecule has 0 spiro atoms. The van der Waals surface area contributed by atoms with Crippen molar-refractivity contribution in [2.24, 2.45) is 0 Å². The minimum absolute atomic E-state index is 0.640. The molecule has 29 heavy (non-hydrogen) atoms. The fraction of sp³-hybridized carbons (Fsp3) is 0. The van der Waals surface area contributed by atoms with Crippen molar-refractivity contribution in [3.8, 4) is 0 Å². The van der Waals surface area contributed by atoms with E-state index in [1.807, 2.05) is 6.07 Å². The Labute approximate surface area is 183 Å². The first-order valence-electron chi connectivity index (χ1n) is 9.46. The van der Waals surface area contributed by atoms with Crippen LogP contribution in [-0.2, 0) is 0 Å². The molecule has 0 saturated carbocycles. The van der Waals surface area contributed by atoms with Gasteiger partial charge in [0, 0.05) is 5.29 Å². The summed E-state index contributed by atoms with van der Waals surface area (Å²) in [7, 11) is 0. The van der Waals surface area contributed by atoms with Crippen molar-refractivity contribution in [3.63, 3.8) is 0 Å². The monoisotopic (exact) mass is 428 g/mol. The fourth-order valence-corrected chi connectivity index (χ4v) is 9.30. The highest BCUT2D eigenvalue weighted by molar-refractivity contribution is 8.17. The van der Waals surface area contributed by atoms with Crippen molar-refractivity contribution in [1.29, 1.82) is 0 Å². The molecule has 0 fully saturated rings. The van der Waals surface area contributed by atoms with Crippen molar-refractivity contribution < 1.29 is 0 Å². The summed E-state index contributed by atoms with van der Waals surface area (Å²) < 4.78 is 0.640. The van der Waals surface area contributed by atoms with Crippen molar-refractivity contribution >= 4 is 57.1 Å². The average molecular weight is 429 g/mol. The molecule has 0 N–H and O–H groups in total. The van der Waals surface area contributed by atoms with Gasteiger partial charge in [0.1, 0.15) is 0 Å². The molecular weight excluding hydrogens is 407 g/mol. The van der Waals surface area contributed by atoms with Crippen LogP contribution in [-0.4, -0.2) is 9.49 Å². The van der Waals surface area contributed by atoms with Crippen LogP contribution in [0.25, 0.3) is 0 Å². The Bertz CT molecular complexity index is 1050. The van der Waals surface area contributed by atoms with Crippen LogP contribution in [0.5, 0.6) is 0 Å². The van der Waals surface area contributed by atoms with Gasteiger partial charge in [0.2, 0.25) is 0 Å². The molecule has 0 bridgehead atoms. The summed E-state index contributed by atoms with van der Waals surface area (Å²) >= 11 is 10.6. The van der Waals surface area contributed by atoms with E-state index in [0.717, 1.165) is 10.9 Å². The van der Waals surface area contributed by atoms with Gasteiger partial charge in [-0.2, -0.15) is 0 Å². The number of thiol groups is 1. The predicted octanol–water partition coefficient (Wildman–Crippen LogP) is 5.46. The second-order valence-electron chi connectivity index (χ2n) is 6.70. The lowest BCUT2D eigenvalue weighted by Crippen LogP contribution is -2.32. The van der Waals surface area contributed by atoms with Gasteiger partial charge in [-0.3, -0.25) is 0 Å². The van der Waals surface area contributed by atoms with Crippen LogP contribution >= 0.6 is 31.7 Å². The summed E-state index contributed by atoms with van der Waals surface area (Å²) in [4.78, 5) is 0. The highest BCUT2D eigenvalue weighted by atomic mass is 32.1. The zero-order valence-electron chi connectivity index (χ0n) is 15.8. The minimum Gasteiger partial charge on any atom is -0.131 e. The van der Waals surface area contributed by atoms with Crippen LogP contribution in [0, 0.1) is 0 Å². The van der Waals surface area contributed by atoms with E-state index >= 15 is 0 Å². The highest BCUT2D eigenvalue weighted by Gasteiger charge is 2.31. The first kappa shape index (κ1) is 19.9. The Morgan fingerprint density at radius 3 is 1.14 bits per heavy atom. The maximum Gasteiger partial charge on any atom is 0.0764 e. The molecule has 0 aliphatic heterocycles.